The molecule has 0 aromatic heterocycles. The third kappa shape index (κ3) is 2.05. The van der Waals surface area contributed by atoms with Gasteiger partial charge in [-0.15, -0.1) is 0 Å². The van der Waals surface area contributed by atoms with Gasteiger partial charge in [0.15, 0.2) is 0 Å². The van der Waals surface area contributed by atoms with Crippen LogP contribution in [-0.4, -0.2) is 11.1 Å². The predicted molar refractivity (Wildman–Crippen MR) is 56.3 cm³/mol. The highest BCUT2D eigenvalue weighted by molar-refractivity contribution is 5.76. The SMILES string of the molecule is CCC(C(=O)O)c1ccc(C)c(N)c1. The Bertz CT molecular complexity index is 347. The van der Waals surface area contributed by atoms with Gasteiger partial charge in [-0.25, -0.2) is 0 Å². The maximum absolute atomic E-state index is 10.9. The van der Waals surface area contributed by atoms with Gasteiger partial charge in [0, 0.05) is 5.69 Å². The van der Waals surface area contributed by atoms with Crippen molar-refractivity contribution in [2.24, 2.45) is 0 Å². The smallest absolute Gasteiger partial charge is 0.310 e. The zero-order valence-electron chi connectivity index (χ0n) is 8.45. The molecule has 0 amide bonds. The number of hydrogen-bond acceptors (Lipinski definition) is 2. The average Bonchev–Trinajstić information content (AvgIpc) is 2.11. The van der Waals surface area contributed by atoms with Crippen LogP contribution in [0.5, 0.6) is 0 Å². The van der Waals surface area contributed by atoms with Crippen molar-refractivity contribution >= 4 is 11.7 Å². The number of carbonyl (C=O) groups is 1. The van der Waals surface area contributed by atoms with E-state index >= 15 is 0 Å². The molecule has 1 rings (SSSR count). The van der Waals surface area contributed by atoms with Gasteiger partial charge in [0.1, 0.15) is 0 Å². The highest BCUT2D eigenvalue weighted by Crippen LogP contribution is 2.23. The van der Waals surface area contributed by atoms with Gasteiger partial charge in [0.05, 0.1) is 5.92 Å². The second-order valence-corrected chi connectivity index (χ2v) is 3.42. The third-order valence-corrected chi connectivity index (χ3v) is 2.41. The van der Waals surface area contributed by atoms with Crippen molar-refractivity contribution in [1.29, 1.82) is 0 Å². The molecule has 0 fully saturated rings. The van der Waals surface area contributed by atoms with Crippen molar-refractivity contribution in [3.63, 3.8) is 0 Å². The molecule has 76 valence electrons. The van der Waals surface area contributed by atoms with Crippen molar-refractivity contribution in [2.45, 2.75) is 26.2 Å². The predicted octanol–water partition coefficient (Wildman–Crippen LogP) is 2.16. The van der Waals surface area contributed by atoms with E-state index in [4.69, 9.17) is 10.8 Å². The molecule has 14 heavy (non-hydrogen) atoms. The van der Waals surface area contributed by atoms with Crippen molar-refractivity contribution < 1.29 is 9.90 Å². The lowest BCUT2D eigenvalue weighted by molar-refractivity contribution is -0.138. The highest BCUT2D eigenvalue weighted by atomic mass is 16.4. The number of anilines is 1. The van der Waals surface area contributed by atoms with Gasteiger partial charge in [-0.05, 0) is 30.5 Å². The van der Waals surface area contributed by atoms with E-state index in [-0.39, 0.29) is 0 Å². The summed E-state index contributed by atoms with van der Waals surface area (Å²) < 4.78 is 0. The second-order valence-electron chi connectivity index (χ2n) is 3.42. The summed E-state index contributed by atoms with van der Waals surface area (Å²) in [6.07, 6.45) is 0.581. The standard InChI is InChI=1S/C11H15NO2/c1-3-9(11(13)14)8-5-4-7(2)10(12)6-8/h4-6,9H,3,12H2,1-2H3,(H,13,14). The van der Waals surface area contributed by atoms with Gasteiger partial charge in [0.25, 0.3) is 0 Å². The number of aryl methyl sites for hydroxylation is 1. The minimum atomic E-state index is -0.796. The molecule has 3 N–H and O–H groups in total. The largest absolute Gasteiger partial charge is 0.481 e. The van der Waals surface area contributed by atoms with Crippen LogP contribution in [0.15, 0.2) is 18.2 Å². The maximum atomic E-state index is 10.9. The summed E-state index contributed by atoms with van der Waals surface area (Å²) in [6.45, 7) is 3.76. The monoisotopic (exact) mass is 193 g/mol. The van der Waals surface area contributed by atoms with Gasteiger partial charge in [-0.2, -0.15) is 0 Å². The van der Waals surface area contributed by atoms with Crippen LogP contribution in [0, 0.1) is 6.92 Å². The van der Waals surface area contributed by atoms with Gasteiger partial charge >= 0.3 is 5.97 Å². The van der Waals surface area contributed by atoms with Crippen molar-refractivity contribution in [2.75, 3.05) is 5.73 Å². The van der Waals surface area contributed by atoms with E-state index in [1.807, 2.05) is 26.0 Å². The Labute approximate surface area is 83.6 Å². The topological polar surface area (TPSA) is 63.3 Å². The summed E-state index contributed by atoms with van der Waals surface area (Å²) in [6, 6.07) is 5.43. The highest BCUT2D eigenvalue weighted by Gasteiger charge is 2.17. The molecule has 0 radical (unpaired) electrons. The molecule has 0 saturated heterocycles. The van der Waals surface area contributed by atoms with Crippen molar-refractivity contribution in [1.82, 2.24) is 0 Å². The summed E-state index contributed by atoms with van der Waals surface area (Å²) in [4.78, 5) is 10.9. The van der Waals surface area contributed by atoms with E-state index in [0.717, 1.165) is 11.1 Å². The van der Waals surface area contributed by atoms with Crippen LogP contribution >= 0.6 is 0 Å². The van der Waals surface area contributed by atoms with Gasteiger partial charge in [-0.3, -0.25) is 4.79 Å². The minimum absolute atomic E-state index is 0.446. The van der Waals surface area contributed by atoms with Crippen LogP contribution in [-0.2, 0) is 4.79 Å². The van der Waals surface area contributed by atoms with Crippen LogP contribution < -0.4 is 5.73 Å². The molecule has 0 saturated carbocycles. The molecule has 0 aliphatic carbocycles. The maximum Gasteiger partial charge on any atom is 0.310 e. The molecule has 0 aliphatic rings. The fraction of sp³-hybridized carbons (Fsp3) is 0.364. The summed E-state index contributed by atoms with van der Waals surface area (Å²) in [7, 11) is 0. The summed E-state index contributed by atoms with van der Waals surface area (Å²) >= 11 is 0. The fourth-order valence-electron chi connectivity index (χ4n) is 1.43. The van der Waals surface area contributed by atoms with Gasteiger partial charge in [0.2, 0.25) is 0 Å². The summed E-state index contributed by atoms with van der Waals surface area (Å²) in [5, 5.41) is 8.95. The number of nitrogen functional groups attached to an aromatic ring is 1. The second kappa shape index (κ2) is 4.13. The first kappa shape index (κ1) is 10.6. The van der Waals surface area contributed by atoms with E-state index in [1.54, 1.807) is 6.07 Å². The van der Waals surface area contributed by atoms with Crippen LogP contribution in [0.3, 0.4) is 0 Å². The number of benzene rings is 1. The molecular weight excluding hydrogens is 178 g/mol. The molecule has 1 unspecified atom stereocenters. The molecule has 1 aromatic rings. The average molecular weight is 193 g/mol. The quantitative estimate of drug-likeness (QED) is 0.723. The minimum Gasteiger partial charge on any atom is -0.481 e. The Balaban J connectivity index is 3.06. The zero-order valence-corrected chi connectivity index (χ0v) is 8.45. The molecule has 3 nitrogen and oxygen atoms in total. The van der Waals surface area contributed by atoms with Gasteiger partial charge in [-0.1, -0.05) is 19.1 Å². The number of hydrogen-bond donors (Lipinski definition) is 2. The van der Waals surface area contributed by atoms with E-state index < -0.39 is 11.9 Å². The number of carboxylic acids is 1. The number of carboxylic acid groups (broad SMARTS) is 1. The first-order chi connectivity index (χ1) is 6.56. The first-order valence-corrected chi connectivity index (χ1v) is 4.65. The lowest BCUT2D eigenvalue weighted by Crippen LogP contribution is -2.10. The van der Waals surface area contributed by atoms with Crippen molar-refractivity contribution in [3.05, 3.63) is 29.3 Å². The van der Waals surface area contributed by atoms with Crippen LogP contribution in [0.1, 0.15) is 30.4 Å². The number of rotatable bonds is 3. The first-order valence-electron chi connectivity index (χ1n) is 4.65. The van der Waals surface area contributed by atoms with E-state index in [0.29, 0.717) is 12.1 Å². The fourth-order valence-corrected chi connectivity index (χ4v) is 1.43. The van der Waals surface area contributed by atoms with Crippen molar-refractivity contribution in [3.8, 4) is 0 Å². The molecule has 0 bridgehead atoms. The molecule has 1 aromatic carbocycles. The van der Waals surface area contributed by atoms with Crippen LogP contribution in [0.25, 0.3) is 0 Å². The van der Waals surface area contributed by atoms with Crippen LogP contribution in [0.2, 0.25) is 0 Å². The number of nitrogens with two attached hydrogens (primary N) is 1. The molecular formula is C11H15NO2. The molecule has 0 spiro atoms. The lowest BCUT2D eigenvalue weighted by atomic mass is 9.95. The van der Waals surface area contributed by atoms with E-state index in [1.165, 1.54) is 0 Å². The van der Waals surface area contributed by atoms with E-state index in [2.05, 4.69) is 0 Å². The Morgan fingerprint density at radius 2 is 2.21 bits per heavy atom. The Kier molecular flexibility index (Phi) is 3.12. The number of aliphatic carboxylic acids is 1. The zero-order chi connectivity index (χ0) is 10.7. The molecule has 0 heterocycles. The Morgan fingerprint density at radius 3 is 2.64 bits per heavy atom. The summed E-state index contributed by atoms with van der Waals surface area (Å²) in [5.74, 6) is -1.24. The van der Waals surface area contributed by atoms with E-state index in [9.17, 15) is 4.79 Å². The van der Waals surface area contributed by atoms with Gasteiger partial charge < -0.3 is 10.8 Å². The normalized spacial score (nSPS) is 12.4. The van der Waals surface area contributed by atoms with Crippen LogP contribution in [0.4, 0.5) is 5.69 Å². The third-order valence-electron chi connectivity index (χ3n) is 2.41. The Morgan fingerprint density at radius 1 is 1.57 bits per heavy atom. The molecule has 1 atom stereocenters. The lowest BCUT2D eigenvalue weighted by Gasteiger charge is -2.11. The Hall–Kier alpha value is -1.51. The summed E-state index contributed by atoms with van der Waals surface area (Å²) in [5.41, 5.74) is 8.14. The molecule has 3 heteroatoms. The molecule has 0 aliphatic heterocycles.